The smallest absolute Gasteiger partial charge is 0.143 e. The van der Waals surface area contributed by atoms with Crippen LogP contribution in [0, 0.1) is 12.8 Å². The number of aryl methyl sites for hydroxylation is 1. The molecule has 6 heteroatoms. The molecule has 0 saturated carbocycles. The van der Waals surface area contributed by atoms with E-state index in [2.05, 4.69) is 50.9 Å². The minimum atomic E-state index is 0.589. The van der Waals surface area contributed by atoms with Gasteiger partial charge in [0.1, 0.15) is 6.33 Å². The lowest BCUT2D eigenvalue weighted by Gasteiger charge is -2.45. The van der Waals surface area contributed by atoms with Crippen LogP contribution in [0.3, 0.4) is 0 Å². The van der Waals surface area contributed by atoms with Gasteiger partial charge in [-0.25, -0.2) is 4.68 Å². The van der Waals surface area contributed by atoms with Crippen LogP contribution < -0.4 is 5.32 Å². The summed E-state index contributed by atoms with van der Waals surface area (Å²) in [6.45, 7) is 5.83. The van der Waals surface area contributed by atoms with Gasteiger partial charge in [0.25, 0.3) is 0 Å². The fourth-order valence-corrected chi connectivity index (χ4v) is 3.62. The SMILES string of the molecule is Cc1cc(N[C@H]2CN3CCC2CC3)ccc1-n1cnnn1. The molecular weight excluding hydrogens is 264 g/mol. The number of anilines is 1. The van der Waals surface area contributed by atoms with Crippen LogP contribution in [0.15, 0.2) is 24.5 Å². The van der Waals surface area contributed by atoms with Crippen LogP contribution in [-0.2, 0) is 0 Å². The van der Waals surface area contributed by atoms with Gasteiger partial charge in [-0.2, -0.15) is 0 Å². The largest absolute Gasteiger partial charge is 0.381 e. The van der Waals surface area contributed by atoms with Crippen LogP contribution in [0.2, 0.25) is 0 Å². The van der Waals surface area contributed by atoms with E-state index in [1.54, 1.807) is 11.0 Å². The standard InChI is InChI=1S/C15H20N6/c1-11-8-13(2-3-15(11)21-10-16-18-19-21)17-14-9-20-6-4-12(14)5-7-20/h2-3,8,10,12,14,17H,4-7,9H2,1H3/t14-/m0/s1. The van der Waals surface area contributed by atoms with Crippen molar-refractivity contribution in [2.75, 3.05) is 25.0 Å². The Kier molecular flexibility index (Phi) is 3.11. The Hall–Kier alpha value is -1.95. The summed E-state index contributed by atoms with van der Waals surface area (Å²) in [4.78, 5) is 2.57. The zero-order chi connectivity index (χ0) is 14.2. The third-order valence-corrected chi connectivity index (χ3v) is 4.80. The molecule has 2 bridgehead atoms. The van der Waals surface area contributed by atoms with Gasteiger partial charge in [-0.1, -0.05) is 0 Å². The van der Waals surface area contributed by atoms with Crippen molar-refractivity contribution in [2.24, 2.45) is 5.92 Å². The van der Waals surface area contributed by atoms with Crippen molar-refractivity contribution in [3.63, 3.8) is 0 Å². The molecule has 3 aliphatic heterocycles. The number of tetrazole rings is 1. The van der Waals surface area contributed by atoms with Crippen molar-refractivity contribution in [3.8, 4) is 5.69 Å². The molecule has 1 N–H and O–H groups in total. The van der Waals surface area contributed by atoms with Crippen molar-refractivity contribution in [1.82, 2.24) is 25.1 Å². The molecule has 110 valence electrons. The Bertz CT molecular complexity index is 615. The maximum atomic E-state index is 3.95. The predicted molar refractivity (Wildman–Crippen MR) is 80.5 cm³/mol. The van der Waals surface area contributed by atoms with Crippen LogP contribution in [0.1, 0.15) is 18.4 Å². The van der Waals surface area contributed by atoms with Crippen LogP contribution in [-0.4, -0.2) is 50.8 Å². The third kappa shape index (κ3) is 2.40. The van der Waals surface area contributed by atoms with Gasteiger partial charge in [-0.3, -0.25) is 0 Å². The van der Waals surface area contributed by atoms with Crippen molar-refractivity contribution in [3.05, 3.63) is 30.1 Å². The number of nitrogens with zero attached hydrogens (tertiary/aromatic N) is 5. The van der Waals surface area contributed by atoms with Crippen molar-refractivity contribution in [2.45, 2.75) is 25.8 Å². The Labute approximate surface area is 124 Å². The molecule has 0 amide bonds. The molecule has 1 aromatic carbocycles. The van der Waals surface area contributed by atoms with E-state index in [4.69, 9.17) is 0 Å². The quantitative estimate of drug-likeness (QED) is 0.925. The molecule has 3 saturated heterocycles. The van der Waals surface area contributed by atoms with E-state index < -0.39 is 0 Å². The Balaban J connectivity index is 1.52. The summed E-state index contributed by atoms with van der Waals surface area (Å²) in [5.41, 5.74) is 3.40. The number of piperidine rings is 3. The number of benzene rings is 1. The number of rotatable bonds is 3. The van der Waals surface area contributed by atoms with Crippen molar-refractivity contribution >= 4 is 5.69 Å². The lowest BCUT2D eigenvalue weighted by molar-refractivity contribution is 0.0975. The average Bonchev–Trinajstić information content (AvgIpc) is 3.03. The molecule has 3 fully saturated rings. The number of fused-ring (bicyclic) bond motifs is 3. The molecule has 0 aliphatic carbocycles. The van der Waals surface area contributed by atoms with E-state index in [1.807, 2.05) is 0 Å². The summed E-state index contributed by atoms with van der Waals surface area (Å²) in [5, 5.41) is 15.1. The van der Waals surface area contributed by atoms with E-state index >= 15 is 0 Å². The van der Waals surface area contributed by atoms with Gasteiger partial charge in [0.15, 0.2) is 0 Å². The lowest BCUT2D eigenvalue weighted by Crippen LogP contribution is -2.53. The van der Waals surface area contributed by atoms with Crippen LogP contribution in [0.5, 0.6) is 0 Å². The zero-order valence-electron chi connectivity index (χ0n) is 12.2. The third-order valence-electron chi connectivity index (χ3n) is 4.80. The van der Waals surface area contributed by atoms with E-state index in [-0.39, 0.29) is 0 Å². The molecule has 6 nitrogen and oxygen atoms in total. The van der Waals surface area contributed by atoms with Gasteiger partial charge in [-0.15, -0.1) is 5.10 Å². The number of nitrogens with one attached hydrogen (secondary N) is 1. The predicted octanol–water partition coefficient (Wildman–Crippen LogP) is 1.48. The summed E-state index contributed by atoms with van der Waals surface area (Å²) in [6.07, 6.45) is 4.29. The molecule has 21 heavy (non-hydrogen) atoms. The van der Waals surface area contributed by atoms with Crippen LogP contribution in [0.4, 0.5) is 5.69 Å². The molecule has 4 heterocycles. The topological polar surface area (TPSA) is 58.9 Å². The Morgan fingerprint density at radius 3 is 2.71 bits per heavy atom. The summed E-state index contributed by atoms with van der Waals surface area (Å²) in [5.74, 6) is 0.828. The molecule has 3 aliphatic rings. The Morgan fingerprint density at radius 1 is 1.24 bits per heavy atom. The normalized spacial score (nSPS) is 27.8. The highest BCUT2D eigenvalue weighted by molar-refractivity contribution is 5.54. The maximum absolute atomic E-state index is 3.95. The molecule has 0 spiro atoms. The lowest BCUT2D eigenvalue weighted by atomic mass is 9.84. The summed E-state index contributed by atoms with van der Waals surface area (Å²) in [6, 6.07) is 6.98. The summed E-state index contributed by atoms with van der Waals surface area (Å²) in [7, 11) is 0. The highest BCUT2D eigenvalue weighted by Crippen LogP contribution is 2.30. The van der Waals surface area contributed by atoms with Gasteiger partial charge in [0, 0.05) is 18.3 Å². The first-order valence-electron chi connectivity index (χ1n) is 7.62. The second kappa shape index (κ2) is 5.11. The highest BCUT2D eigenvalue weighted by atomic mass is 15.5. The maximum Gasteiger partial charge on any atom is 0.143 e. The molecule has 0 radical (unpaired) electrons. The van der Waals surface area contributed by atoms with Gasteiger partial charge in [0.05, 0.1) is 5.69 Å². The van der Waals surface area contributed by atoms with Crippen LogP contribution in [0.25, 0.3) is 5.69 Å². The summed E-state index contributed by atoms with van der Waals surface area (Å²) >= 11 is 0. The van der Waals surface area contributed by atoms with E-state index in [1.165, 1.54) is 43.7 Å². The van der Waals surface area contributed by atoms with Crippen molar-refractivity contribution in [1.29, 1.82) is 0 Å². The molecular formula is C15H20N6. The fraction of sp³-hybridized carbons (Fsp3) is 0.533. The number of aromatic nitrogens is 4. The molecule has 1 aromatic heterocycles. The van der Waals surface area contributed by atoms with Gasteiger partial charge in [-0.05, 0) is 73.0 Å². The second-order valence-corrected chi connectivity index (χ2v) is 6.14. The fourth-order valence-electron chi connectivity index (χ4n) is 3.62. The molecule has 0 unspecified atom stereocenters. The van der Waals surface area contributed by atoms with Gasteiger partial charge < -0.3 is 10.2 Å². The number of hydrogen-bond donors (Lipinski definition) is 1. The van der Waals surface area contributed by atoms with E-state index in [9.17, 15) is 0 Å². The first kappa shape index (κ1) is 12.8. The zero-order valence-corrected chi connectivity index (χ0v) is 12.2. The van der Waals surface area contributed by atoms with Gasteiger partial charge >= 0.3 is 0 Å². The first-order chi connectivity index (χ1) is 10.3. The average molecular weight is 284 g/mol. The highest BCUT2D eigenvalue weighted by Gasteiger charge is 2.33. The van der Waals surface area contributed by atoms with Crippen molar-refractivity contribution < 1.29 is 0 Å². The minimum Gasteiger partial charge on any atom is -0.381 e. The van der Waals surface area contributed by atoms with Crippen LogP contribution >= 0.6 is 0 Å². The Morgan fingerprint density at radius 2 is 2.10 bits per heavy atom. The van der Waals surface area contributed by atoms with E-state index in [0.717, 1.165) is 11.6 Å². The van der Waals surface area contributed by atoms with E-state index in [0.29, 0.717) is 6.04 Å². The second-order valence-electron chi connectivity index (χ2n) is 6.14. The monoisotopic (exact) mass is 284 g/mol. The van der Waals surface area contributed by atoms with Gasteiger partial charge in [0.2, 0.25) is 0 Å². The molecule has 5 rings (SSSR count). The summed E-state index contributed by atoms with van der Waals surface area (Å²) < 4.78 is 1.70. The molecule has 2 aromatic rings. The molecule has 1 atom stereocenters. The minimum absolute atomic E-state index is 0.589. The first-order valence-corrected chi connectivity index (χ1v) is 7.62. The number of hydrogen-bond acceptors (Lipinski definition) is 5.